The number of nitrogens with zero attached hydrogens (tertiary/aromatic N) is 1. The second kappa shape index (κ2) is 7.02. The Bertz CT molecular complexity index is 868. The van der Waals surface area contributed by atoms with E-state index in [-0.39, 0.29) is 19.8 Å². The molecule has 7 nitrogen and oxygen atoms in total. The Hall–Kier alpha value is -2.74. The van der Waals surface area contributed by atoms with E-state index < -0.39 is 16.1 Å². The van der Waals surface area contributed by atoms with E-state index in [1.54, 1.807) is 18.2 Å². The van der Waals surface area contributed by atoms with Gasteiger partial charge in [0.05, 0.1) is 18.5 Å². The first-order valence-corrected chi connectivity index (χ1v) is 9.50. The molecule has 0 fully saturated rings. The van der Waals surface area contributed by atoms with Gasteiger partial charge in [-0.05, 0) is 23.8 Å². The maximum Gasteiger partial charge on any atom is 0.411 e. The third kappa shape index (κ3) is 4.21. The van der Waals surface area contributed by atoms with Gasteiger partial charge >= 0.3 is 6.09 Å². The van der Waals surface area contributed by atoms with Crippen LogP contribution in [0.1, 0.15) is 5.56 Å². The van der Waals surface area contributed by atoms with Crippen LogP contribution in [-0.2, 0) is 21.4 Å². The highest BCUT2D eigenvalue weighted by atomic mass is 32.2. The second-order valence-corrected chi connectivity index (χ2v) is 7.46. The Kier molecular flexibility index (Phi) is 4.80. The topological polar surface area (TPSA) is 84.9 Å². The minimum absolute atomic E-state index is 0.149. The molecule has 0 unspecified atom stereocenters. The summed E-state index contributed by atoms with van der Waals surface area (Å²) in [6.07, 6.45) is 0.516. The van der Waals surface area contributed by atoms with Crippen LogP contribution in [0, 0.1) is 0 Å². The van der Waals surface area contributed by atoms with E-state index in [1.165, 1.54) is 4.31 Å². The number of carbonyl (C=O) groups is 1. The number of fused-ring (bicyclic) bond motifs is 1. The number of ether oxygens (including phenoxy) is 2. The van der Waals surface area contributed by atoms with Crippen LogP contribution >= 0.6 is 0 Å². The molecule has 1 aliphatic heterocycles. The van der Waals surface area contributed by atoms with Crippen LogP contribution in [0.15, 0.2) is 48.5 Å². The van der Waals surface area contributed by atoms with Gasteiger partial charge in [-0.15, -0.1) is 0 Å². The zero-order chi connectivity index (χ0) is 17.9. The van der Waals surface area contributed by atoms with E-state index in [0.29, 0.717) is 17.1 Å². The SMILES string of the molecule is CS(=O)(=O)N1CCOc2ccc(NC(=O)OCc3ccccc3)cc21. The summed E-state index contributed by atoms with van der Waals surface area (Å²) >= 11 is 0. The Morgan fingerprint density at radius 1 is 1.24 bits per heavy atom. The lowest BCUT2D eigenvalue weighted by Gasteiger charge is -2.29. The van der Waals surface area contributed by atoms with Crippen LogP contribution in [0.3, 0.4) is 0 Å². The molecule has 0 radical (unpaired) electrons. The molecule has 0 saturated carbocycles. The highest BCUT2D eigenvalue weighted by molar-refractivity contribution is 7.92. The quantitative estimate of drug-likeness (QED) is 0.904. The number of rotatable bonds is 4. The van der Waals surface area contributed by atoms with Gasteiger partial charge in [0, 0.05) is 5.69 Å². The monoisotopic (exact) mass is 362 g/mol. The van der Waals surface area contributed by atoms with E-state index in [0.717, 1.165) is 11.8 Å². The third-order valence-corrected chi connectivity index (χ3v) is 4.82. The molecule has 0 bridgehead atoms. The van der Waals surface area contributed by atoms with Gasteiger partial charge in [-0.3, -0.25) is 9.62 Å². The maximum absolute atomic E-state index is 11.9. The van der Waals surface area contributed by atoms with E-state index >= 15 is 0 Å². The average molecular weight is 362 g/mol. The largest absolute Gasteiger partial charge is 0.489 e. The molecule has 0 spiro atoms. The van der Waals surface area contributed by atoms with Gasteiger partial charge in [0.2, 0.25) is 10.0 Å². The molecule has 3 rings (SSSR count). The van der Waals surface area contributed by atoms with Crippen molar-refractivity contribution in [2.24, 2.45) is 0 Å². The molecule has 8 heteroatoms. The third-order valence-electron chi connectivity index (χ3n) is 3.64. The average Bonchev–Trinajstić information content (AvgIpc) is 2.59. The van der Waals surface area contributed by atoms with Crippen molar-refractivity contribution < 1.29 is 22.7 Å². The predicted molar refractivity (Wildman–Crippen MR) is 94.4 cm³/mol. The molecular weight excluding hydrogens is 344 g/mol. The first-order chi connectivity index (χ1) is 11.9. The summed E-state index contributed by atoms with van der Waals surface area (Å²) in [6, 6.07) is 14.1. The molecule has 0 aromatic heterocycles. The van der Waals surface area contributed by atoms with Gasteiger partial charge in [-0.1, -0.05) is 30.3 Å². The van der Waals surface area contributed by atoms with Crippen molar-refractivity contribution in [2.75, 3.05) is 29.0 Å². The fourth-order valence-electron chi connectivity index (χ4n) is 2.49. The van der Waals surface area contributed by atoms with E-state index in [1.807, 2.05) is 30.3 Å². The number of sulfonamides is 1. The van der Waals surface area contributed by atoms with Crippen LogP contribution in [0.25, 0.3) is 0 Å². The second-order valence-electron chi connectivity index (χ2n) is 5.55. The van der Waals surface area contributed by atoms with Crippen LogP contribution < -0.4 is 14.4 Å². The number of carbonyl (C=O) groups excluding carboxylic acids is 1. The fraction of sp³-hybridized carbons (Fsp3) is 0.235. The Morgan fingerprint density at radius 3 is 2.72 bits per heavy atom. The molecule has 1 N–H and O–H groups in total. The number of nitrogens with one attached hydrogen (secondary N) is 1. The molecule has 132 valence electrons. The fourth-order valence-corrected chi connectivity index (χ4v) is 3.40. The lowest BCUT2D eigenvalue weighted by Crippen LogP contribution is -2.37. The molecule has 2 aromatic rings. The summed E-state index contributed by atoms with van der Waals surface area (Å²) < 4.78 is 35.7. The lowest BCUT2D eigenvalue weighted by molar-refractivity contribution is 0.155. The molecule has 0 saturated heterocycles. The summed E-state index contributed by atoms with van der Waals surface area (Å²) in [5.74, 6) is 0.458. The van der Waals surface area contributed by atoms with Gasteiger partial charge in [-0.25, -0.2) is 13.2 Å². The summed E-state index contributed by atoms with van der Waals surface area (Å²) in [6.45, 7) is 0.663. The number of hydrogen-bond acceptors (Lipinski definition) is 5. The van der Waals surface area contributed by atoms with E-state index in [4.69, 9.17) is 9.47 Å². The molecule has 1 heterocycles. The first-order valence-electron chi connectivity index (χ1n) is 7.66. The van der Waals surface area contributed by atoms with E-state index in [2.05, 4.69) is 5.32 Å². The van der Waals surface area contributed by atoms with Gasteiger partial charge in [0.15, 0.2) is 0 Å². The molecule has 0 aliphatic carbocycles. The van der Waals surface area contributed by atoms with E-state index in [9.17, 15) is 13.2 Å². The minimum atomic E-state index is -3.42. The number of amides is 1. The van der Waals surface area contributed by atoms with Gasteiger partial charge < -0.3 is 9.47 Å². The van der Waals surface area contributed by atoms with Crippen LogP contribution in [-0.4, -0.2) is 33.9 Å². The first kappa shape index (κ1) is 17.1. The molecule has 1 amide bonds. The number of anilines is 2. The van der Waals surface area contributed by atoms with Crippen LogP contribution in [0.2, 0.25) is 0 Å². The molecule has 25 heavy (non-hydrogen) atoms. The zero-order valence-corrected chi connectivity index (χ0v) is 14.5. The van der Waals surface area contributed by atoms with Gasteiger partial charge in [-0.2, -0.15) is 0 Å². The Balaban J connectivity index is 1.70. The summed E-state index contributed by atoms with van der Waals surface area (Å²) in [4.78, 5) is 11.9. The van der Waals surface area contributed by atoms with Crippen LogP contribution in [0.5, 0.6) is 5.75 Å². The van der Waals surface area contributed by atoms with Crippen molar-refractivity contribution in [1.29, 1.82) is 0 Å². The summed E-state index contributed by atoms with van der Waals surface area (Å²) in [5, 5.41) is 2.60. The van der Waals surface area contributed by atoms with Crippen molar-refractivity contribution in [2.45, 2.75) is 6.61 Å². The highest BCUT2D eigenvalue weighted by Gasteiger charge is 2.25. The zero-order valence-electron chi connectivity index (χ0n) is 13.6. The molecular formula is C17H18N2O5S. The van der Waals surface area contributed by atoms with Crippen molar-refractivity contribution in [3.05, 3.63) is 54.1 Å². The Labute approximate surface area is 146 Å². The van der Waals surface area contributed by atoms with Crippen molar-refractivity contribution >= 4 is 27.5 Å². The van der Waals surface area contributed by atoms with Gasteiger partial charge in [0.1, 0.15) is 19.0 Å². The van der Waals surface area contributed by atoms with Crippen molar-refractivity contribution in [1.82, 2.24) is 0 Å². The normalized spacial score (nSPS) is 13.6. The minimum Gasteiger partial charge on any atom is -0.489 e. The number of hydrogen-bond donors (Lipinski definition) is 1. The smallest absolute Gasteiger partial charge is 0.411 e. The van der Waals surface area contributed by atoms with Crippen molar-refractivity contribution in [3.63, 3.8) is 0 Å². The summed E-state index contributed by atoms with van der Waals surface area (Å²) in [5.41, 5.74) is 1.70. The van der Waals surface area contributed by atoms with Crippen molar-refractivity contribution in [3.8, 4) is 5.75 Å². The number of benzene rings is 2. The molecule has 1 aliphatic rings. The summed E-state index contributed by atoms with van der Waals surface area (Å²) in [7, 11) is -3.42. The predicted octanol–water partition coefficient (Wildman–Crippen LogP) is 2.59. The molecule has 2 aromatic carbocycles. The molecule has 0 atom stereocenters. The lowest BCUT2D eigenvalue weighted by atomic mass is 10.2. The van der Waals surface area contributed by atoms with Gasteiger partial charge in [0.25, 0.3) is 0 Å². The highest BCUT2D eigenvalue weighted by Crippen LogP contribution is 2.35. The standard InChI is InChI=1S/C17H18N2O5S/c1-25(21,22)19-9-10-23-16-8-7-14(11-15(16)19)18-17(20)24-12-13-5-3-2-4-6-13/h2-8,11H,9-10,12H2,1H3,(H,18,20). The Morgan fingerprint density at radius 2 is 2.00 bits per heavy atom. The van der Waals surface area contributed by atoms with Crippen LogP contribution in [0.4, 0.5) is 16.2 Å². The maximum atomic E-state index is 11.9.